The smallest absolute Gasteiger partial charge is 0.344 e. The van der Waals surface area contributed by atoms with Crippen LogP contribution in [0.1, 0.15) is 26.3 Å². The van der Waals surface area contributed by atoms with Gasteiger partial charge in [0.05, 0.1) is 16.1 Å². The number of ether oxygens (including phenoxy) is 1. The zero-order chi connectivity index (χ0) is 15.4. The Morgan fingerprint density at radius 3 is 2.52 bits per heavy atom. The van der Waals surface area contributed by atoms with E-state index in [-0.39, 0.29) is 11.3 Å². The van der Waals surface area contributed by atoms with Gasteiger partial charge in [-0.05, 0) is 30.7 Å². The van der Waals surface area contributed by atoms with E-state index >= 15 is 0 Å². The normalized spacial score (nSPS) is 9.95. The highest BCUT2D eigenvalue weighted by Crippen LogP contribution is 2.30. The van der Waals surface area contributed by atoms with Gasteiger partial charge in [0, 0.05) is 0 Å². The quantitative estimate of drug-likeness (QED) is 0.283. The van der Waals surface area contributed by atoms with Gasteiger partial charge in [-0.1, -0.05) is 24.3 Å². The molecule has 0 saturated carbocycles. The van der Waals surface area contributed by atoms with Gasteiger partial charge in [0.15, 0.2) is 6.29 Å². The first kappa shape index (κ1) is 14.4. The molecule has 0 aliphatic rings. The molecule has 0 fully saturated rings. The van der Waals surface area contributed by atoms with Crippen molar-refractivity contribution in [1.82, 2.24) is 0 Å². The van der Waals surface area contributed by atoms with Crippen LogP contribution in [0.3, 0.4) is 0 Å². The number of aldehydes is 1. The maximum absolute atomic E-state index is 12.1. The van der Waals surface area contributed by atoms with E-state index < -0.39 is 16.6 Å². The summed E-state index contributed by atoms with van der Waals surface area (Å²) in [4.78, 5) is 33.2. The van der Waals surface area contributed by atoms with Crippen molar-refractivity contribution >= 4 is 17.9 Å². The molecule has 2 aromatic rings. The summed E-state index contributed by atoms with van der Waals surface area (Å²) in [6.45, 7) is 1.73. The lowest BCUT2D eigenvalue weighted by Gasteiger charge is -2.07. The molecule has 6 heteroatoms. The summed E-state index contributed by atoms with van der Waals surface area (Å²) in [6.07, 6.45) is 0.350. The number of hydrogen-bond acceptors (Lipinski definition) is 5. The molecule has 2 rings (SSSR count). The Morgan fingerprint density at radius 1 is 1.19 bits per heavy atom. The highest BCUT2D eigenvalue weighted by atomic mass is 16.6. The maximum Gasteiger partial charge on any atom is 0.344 e. The van der Waals surface area contributed by atoms with Crippen molar-refractivity contribution in [2.75, 3.05) is 0 Å². The molecule has 0 amide bonds. The van der Waals surface area contributed by atoms with E-state index in [1.54, 1.807) is 31.2 Å². The van der Waals surface area contributed by atoms with Gasteiger partial charge in [0.2, 0.25) is 5.75 Å². The largest absolute Gasteiger partial charge is 0.416 e. The van der Waals surface area contributed by atoms with Crippen molar-refractivity contribution < 1.29 is 19.2 Å². The van der Waals surface area contributed by atoms with E-state index in [1.807, 2.05) is 0 Å². The number of para-hydroxylation sites is 1. The second-order valence-electron chi connectivity index (χ2n) is 4.27. The van der Waals surface area contributed by atoms with Crippen LogP contribution < -0.4 is 4.74 Å². The number of nitro benzene ring substituents is 1. The van der Waals surface area contributed by atoms with Crippen molar-refractivity contribution in [3.05, 3.63) is 69.3 Å². The first-order valence-electron chi connectivity index (χ1n) is 6.05. The van der Waals surface area contributed by atoms with Crippen LogP contribution in [-0.2, 0) is 0 Å². The van der Waals surface area contributed by atoms with Crippen LogP contribution in [0.25, 0.3) is 0 Å². The van der Waals surface area contributed by atoms with Crippen molar-refractivity contribution in [3.63, 3.8) is 0 Å². The summed E-state index contributed by atoms with van der Waals surface area (Å²) in [5, 5.41) is 11.0. The van der Waals surface area contributed by atoms with Crippen LogP contribution in [0.15, 0.2) is 42.5 Å². The number of nitro groups is 1. The van der Waals surface area contributed by atoms with Crippen molar-refractivity contribution in [2.24, 2.45) is 0 Å². The summed E-state index contributed by atoms with van der Waals surface area (Å²) >= 11 is 0. The standard InChI is InChI=1S/C15H11NO5/c1-10-5-2-3-7-12(10)15(18)21-13-8-4-6-11(9-17)14(13)16(19)20/h2-9H,1H3. The van der Waals surface area contributed by atoms with Gasteiger partial charge in [0.25, 0.3) is 0 Å². The van der Waals surface area contributed by atoms with Gasteiger partial charge >= 0.3 is 11.7 Å². The fourth-order valence-electron chi connectivity index (χ4n) is 1.87. The number of benzene rings is 2. The third-order valence-corrected chi connectivity index (χ3v) is 2.91. The highest BCUT2D eigenvalue weighted by Gasteiger charge is 2.23. The molecule has 21 heavy (non-hydrogen) atoms. The fraction of sp³-hybridized carbons (Fsp3) is 0.0667. The lowest BCUT2D eigenvalue weighted by Crippen LogP contribution is -2.11. The molecule has 106 valence electrons. The zero-order valence-corrected chi connectivity index (χ0v) is 11.1. The van der Waals surface area contributed by atoms with Crippen LogP contribution >= 0.6 is 0 Å². The Hall–Kier alpha value is -3.02. The van der Waals surface area contributed by atoms with Crippen LogP contribution in [0.2, 0.25) is 0 Å². The summed E-state index contributed by atoms with van der Waals surface area (Å²) in [6, 6.07) is 10.7. The van der Waals surface area contributed by atoms with Gasteiger partial charge in [-0.15, -0.1) is 0 Å². The molecule has 0 aliphatic carbocycles. The van der Waals surface area contributed by atoms with Gasteiger partial charge in [-0.25, -0.2) is 4.79 Å². The number of carbonyl (C=O) groups is 2. The third kappa shape index (κ3) is 2.94. The summed E-state index contributed by atoms with van der Waals surface area (Å²) < 4.78 is 5.08. The summed E-state index contributed by atoms with van der Waals surface area (Å²) in [5.41, 5.74) is 0.338. The minimum Gasteiger partial charge on any atom is -0.416 e. The number of aryl methyl sites for hydroxylation is 1. The van der Waals surface area contributed by atoms with Crippen molar-refractivity contribution in [3.8, 4) is 5.75 Å². The molecule has 0 aliphatic heterocycles. The minimum absolute atomic E-state index is 0.143. The van der Waals surface area contributed by atoms with Crippen LogP contribution in [0.4, 0.5) is 5.69 Å². The van der Waals surface area contributed by atoms with Gasteiger partial charge in [0.1, 0.15) is 0 Å². The number of hydrogen-bond donors (Lipinski definition) is 0. The fourth-order valence-corrected chi connectivity index (χ4v) is 1.87. The van der Waals surface area contributed by atoms with Crippen molar-refractivity contribution in [1.29, 1.82) is 0 Å². The summed E-state index contributed by atoms with van der Waals surface area (Å²) in [7, 11) is 0. The Bertz CT molecular complexity index is 724. The number of nitrogens with zero attached hydrogens (tertiary/aromatic N) is 1. The van der Waals surface area contributed by atoms with E-state index in [9.17, 15) is 19.7 Å². The topological polar surface area (TPSA) is 86.5 Å². The Balaban J connectivity index is 2.41. The SMILES string of the molecule is Cc1ccccc1C(=O)Oc1cccc(C=O)c1[N+](=O)[O-]. The molecule has 2 aromatic carbocycles. The molecule has 0 radical (unpaired) electrons. The van der Waals surface area contributed by atoms with E-state index in [2.05, 4.69) is 0 Å². The predicted molar refractivity (Wildman–Crippen MR) is 74.6 cm³/mol. The molecule has 6 nitrogen and oxygen atoms in total. The van der Waals surface area contributed by atoms with Gasteiger partial charge < -0.3 is 4.74 Å². The molecule has 0 bridgehead atoms. The molecule has 0 N–H and O–H groups in total. The minimum atomic E-state index is -0.746. The molecular weight excluding hydrogens is 274 g/mol. The van der Waals surface area contributed by atoms with Crippen LogP contribution in [0, 0.1) is 17.0 Å². The average molecular weight is 285 g/mol. The molecule has 0 aromatic heterocycles. The first-order chi connectivity index (χ1) is 10.0. The number of rotatable bonds is 4. The number of esters is 1. The lowest BCUT2D eigenvalue weighted by molar-refractivity contribution is -0.385. The zero-order valence-electron chi connectivity index (χ0n) is 11.1. The summed E-state index contributed by atoms with van der Waals surface area (Å²) in [5.74, 6) is -0.961. The Kier molecular flexibility index (Phi) is 4.08. The second kappa shape index (κ2) is 5.96. The molecule has 0 unspecified atom stereocenters. The predicted octanol–water partition coefficient (Wildman–Crippen LogP) is 2.93. The average Bonchev–Trinajstić information content (AvgIpc) is 2.46. The highest BCUT2D eigenvalue weighted by molar-refractivity contribution is 5.94. The monoisotopic (exact) mass is 285 g/mol. The molecule has 0 heterocycles. The first-order valence-corrected chi connectivity index (χ1v) is 6.05. The van der Waals surface area contributed by atoms with E-state index in [0.29, 0.717) is 17.4 Å². The van der Waals surface area contributed by atoms with Crippen molar-refractivity contribution in [2.45, 2.75) is 6.92 Å². The maximum atomic E-state index is 12.1. The lowest BCUT2D eigenvalue weighted by atomic mass is 10.1. The molecule has 0 saturated heterocycles. The van der Waals surface area contributed by atoms with E-state index in [4.69, 9.17) is 4.74 Å². The van der Waals surface area contributed by atoms with Crippen LogP contribution in [-0.4, -0.2) is 17.2 Å². The molecule has 0 spiro atoms. The second-order valence-corrected chi connectivity index (χ2v) is 4.27. The van der Waals surface area contributed by atoms with E-state index in [0.717, 1.165) is 0 Å². The Morgan fingerprint density at radius 2 is 1.90 bits per heavy atom. The molecular formula is C15H11NO5. The van der Waals surface area contributed by atoms with Gasteiger partial charge in [-0.3, -0.25) is 14.9 Å². The third-order valence-electron chi connectivity index (χ3n) is 2.91. The Labute approximate surface area is 120 Å². The van der Waals surface area contributed by atoms with E-state index in [1.165, 1.54) is 18.2 Å². The molecule has 0 atom stereocenters. The number of carbonyl (C=O) groups excluding carboxylic acids is 2. The van der Waals surface area contributed by atoms with Gasteiger partial charge in [-0.2, -0.15) is 0 Å². The van der Waals surface area contributed by atoms with Crippen LogP contribution in [0.5, 0.6) is 5.75 Å².